The summed E-state index contributed by atoms with van der Waals surface area (Å²) in [6, 6.07) is 12.4. The van der Waals surface area contributed by atoms with E-state index < -0.39 is 0 Å². The fraction of sp³-hybridized carbons (Fsp3) is 0.0714. The van der Waals surface area contributed by atoms with Crippen molar-refractivity contribution in [1.82, 2.24) is 0 Å². The molecular formula is C14H13ClN2O. The smallest absolute Gasteiger partial charge is 0.257 e. The quantitative estimate of drug-likeness (QED) is 0.812. The zero-order chi connectivity index (χ0) is 13.1. The van der Waals surface area contributed by atoms with Crippen molar-refractivity contribution in [2.45, 2.75) is 6.92 Å². The second-order valence-corrected chi connectivity index (χ2v) is 4.49. The summed E-state index contributed by atoms with van der Waals surface area (Å²) in [6.45, 7) is 1.99. The lowest BCUT2D eigenvalue weighted by Gasteiger charge is -2.08. The predicted octanol–water partition coefficient (Wildman–Crippen LogP) is 3.48. The summed E-state index contributed by atoms with van der Waals surface area (Å²) in [7, 11) is 0. The summed E-state index contributed by atoms with van der Waals surface area (Å²) in [5.74, 6) is -0.265. The van der Waals surface area contributed by atoms with Gasteiger partial charge in [-0.1, -0.05) is 29.3 Å². The van der Waals surface area contributed by atoms with Gasteiger partial charge in [-0.05, 0) is 37.3 Å². The van der Waals surface area contributed by atoms with Gasteiger partial charge in [0.05, 0.1) is 5.56 Å². The standard InChI is InChI=1S/C14H13ClN2O/c1-9-2-5-11(6-3-9)17-14(18)12-8-10(15)4-7-13(12)16/h2-8H,16H2,1H3,(H,17,18). The molecular weight excluding hydrogens is 248 g/mol. The van der Waals surface area contributed by atoms with Crippen LogP contribution in [0.25, 0.3) is 0 Å². The minimum absolute atomic E-state index is 0.265. The molecule has 1 amide bonds. The Morgan fingerprint density at radius 2 is 1.83 bits per heavy atom. The fourth-order valence-electron chi connectivity index (χ4n) is 1.56. The highest BCUT2D eigenvalue weighted by molar-refractivity contribution is 6.31. The van der Waals surface area contributed by atoms with Crippen molar-refractivity contribution in [3.05, 3.63) is 58.6 Å². The lowest BCUT2D eigenvalue weighted by molar-refractivity contribution is 0.102. The second-order valence-electron chi connectivity index (χ2n) is 4.05. The van der Waals surface area contributed by atoms with E-state index in [-0.39, 0.29) is 5.91 Å². The van der Waals surface area contributed by atoms with Crippen LogP contribution >= 0.6 is 11.6 Å². The highest BCUT2D eigenvalue weighted by Gasteiger charge is 2.10. The van der Waals surface area contributed by atoms with Crippen molar-refractivity contribution in [2.24, 2.45) is 0 Å². The Balaban J connectivity index is 2.21. The minimum atomic E-state index is -0.265. The van der Waals surface area contributed by atoms with E-state index in [2.05, 4.69) is 5.32 Å². The number of aryl methyl sites for hydroxylation is 1. The predicted molar refractivity (Wildman–Crippen MR) is 75.0 cm³/mol. The largest absolute Gasteiger partial charge is 0.398 e. The molecule has 0 atom stereocenters. The van der Waals surface area contributed by atoms with E-state index >= 15 is 0 Å². The Labute approximate surface area is 111 Å². The molecule has 0 heterocycles. The van der Waals surface area contributed by atoms with Crippen molar-refractivity contribution >= 4 is 28.9 Å². The van der Waals surface area contributed by atoms with Crippen molar-refractivity contribution < 1.29 is 4.79 Å². The Morgan fingerprint density at radius 3 is 2.50 bits per heavy atom. The summed E-state index contributed by atoms with van der Waals surface area (Å²) >= 11 is 5.85. The lowest BCUT2D eigenvalue weighted by Crippen LogP contribution is -2.13. The number of carbonyl (C=O) groups is 1. The van der Waals surface area contributed by atoms with Crippen molar-refractivity contribution in [1.29, 1.82) is 0 Å². The highest BCUT2D eigenvalue weighted by Crippen LogP contribution is 2.19. The third kappa shape index (κ3) is 2.81. The maximum absolute atomic E-state index is 12.0. The molecule has 3 N–H and O–H groups in total. The van der Waals surface area contributed by atoms with E-state index in [9.17, 15) is 4.79 Å². The van der Waals surface area contributed by atoms with Crippen LogP contribution in [0.15, 0.2) is 42.5 Å². The molecule has 0 saturated heterocycles. The van der Waals surface area contributed by atoms with Gasteiger partial charge in [-0.15, -0.1) is 0 Å². The molecule has 0 radical (unpaired) electrons. The number of hydrogen-bond donors (Lipinski definition) is 2. The molecule has 0 fully saturated rings. The summed E-state index contributed by atoms with van der Waals surface area (Å²) in [4.78, 5) is 12.0. The van der Waals surface area contributed by atoms with Crippen molar-refractivity contribution in [2.75, 3.05) is 11.1 Å². The molecule has 0 aliphatic heterocycles. The molecule has 92 valence electrons. The van der Waals surface area contributed by atoms with Gasteiger partial charge in [0.2, 0.25) is 0 Å². The average molecular weight is 261 g/mol. The summed E-state index contributed by atoms with van der Waals surface area (Å²) in [5.41, 5.74) is 8.39. The van der Waals surface area contributed by atoms with E-state index in [1.54, 1.807) is 18.2 Å². The van der Waals surface area contributed by atoms with Gasteiger partial charge in [0.1, 0.15) is 0 Å². The zero-order valence-electron chi connectivity index (χ0n) is 9.91. The first-order valence-electron chi connectivity index (χ1n) is 5.49. The third-order valence-corrected chi connectivity index (χ3v) is 2.80. The topological polar surface area (TPSA) is 55.1 Å². The number of nitrogen functional groups attached to an aromatic ring is 1. The molecule has 0 spiro atoms. The van der Waals surface area contributed by atoms with Crippen LogP contribution in [0.4, 0.5) is 11.4 Å². The maximum atomic E-state index is 12.0. The van der Waals surface area contributed by atoms with E-state index in [0.717, 1.165) is 11.3 Å². The average Bonchev–Trinajstić information content (AvgIpc) is 2.35. The van der Waals surface area contributed by atoms with Crippen LogP contribution in [0, 0.1) is 6.92 Å². The molecule has 2 aromatic carbocycles. The zero-order valence-corrected chi connectivity index (χ0v) is 10.7. The van der Waals surface area contributed by atoms with E-state index in [0.29, 0.717) is 16.3 Å². The number of halogens is 1. The molecule has 0 saturated carbocycles. The second kappa shape index (κ2) is 5.10. The first kappa shape index (κ1) is 12.5. The summed E-state index contributed by atoms with van der Waals surface area (Å²) in [5, 5.41) is 3.26. The van der Waals surface area contributed by atoms with Crippen LogP contribution < -0.4 is 11.1 Å². The Kier molecular flexibility index (Phi) is 3.53. The SMILES string of the molecule is Cc1ccc(NC(=O)c2cc(Cl)ccc2N)cc1. The number of anilines is 2. The Bertz CT molecular complexity index is 579. The molecule has 0 aliphatic carbocycles. The first-order valence-corrected chi connectivity index (χ1v) is 5.87. The van der Waals surface area contributed by atoms with E-state index in [1.807, 2.05) is 31.2 Å². The number of benzene rings is 2. The molecule has 0 bridgehead atoms. The van der Waals surface area contributed by atoms with Gasteiger partial charge in [0.25, 0.3) is 5.91 Å². The van der Waals surface area contributed by atoms with Gasteiger partial charge in [-0.25, -0.2) is 0 Å². The molecule has 0 unspecified atom stereocenters. The van der Waals surface area contributed by atoms with Crippen LogP contribution in [0.5, 0.6) is 0 Å². The number of carbonyl (C=O) groups excluding carboxylic acids is 1. The number of nitrogens with one attached hydrogen (secondary N) is 1. The Morgan fingerprint density at radius 1 is 1.17 bits per heavy atom. The van der Waals surface area contributed by atoms with Gasteiger partial charge in [-0.2, -0.15) is 0 Å². The van der Waals surface area contributed by atoms with E-state index in [1.165, 1.54) is 0 Å². The Hall–Kier alpha value is -2.00. The molecule has 18 heavy (non-hydrogen) atoms. The lowest BCUT2D eigenvalue weighted by atomic mass is 10.1. The molecule has 0 aliphatic rings. The van der Waals surface area contributed by atoms with Crippen LogP contribution in [-0.4, -0.2) is 5.91 Å². The van der Waals surface area contributed by atoms with Gasteiger partial charge < -0.3 is 11.1 Å². The number of hydrogen-bond acceptors (Lipinski definition) is 2. The van der Waals surface area contributed by atoms with Crippen LogP contribution in [0.1, 0.15) is 15.9 Å². The van der Waals surface area contributed by atoms with Crippen molar-refractivity contribution in [3.63, 3.8) is 0 Å². The van der Waals surface area contributed by atoms with Gasteiger partial charge in [-0.3, -0.25) is 4.79 Å². The third-order valence-electron chi connectivity index (χ3n) is 2.57. The molecule has 2 aromatic rings. The molecule has 4 heteroatoms. The number of amides is 1. The number of rotatable bonds is 2. The maximum Gasteiger partial charge on any atom is 0.257 e. The van der Waals surface area contributed by atoms with Gasteiger partial charge in [0, 0.05) is 16.4 Å². The fourth-order valence-corrected chi connectivity index (χ4v) is 1.73. The van der Waals surface area contributed by atoms with Crippen LogP contribution in [0.3, 0.4) is 0 Å². The minimum Gasteiger partial charge on any atom is -0.398 e. The van der Waals surface area contributed by atoms with Crippen LogP contribution in [-0.2, 0) is 0 Å². The summed E-state index contributed by atoms with van der Waals surface area (Å²) < 4.78 is 0. The molecule has 0 aromatic heterocycles. The first-order chi connectivity index (χ1) is 8.56. The van der Waals surface area contributed by atoms with Gasteiger partial charge in [0.15, 0.2) is 0 Å². The summed E-state index contributed by atoms with van der Waals surface area (Å²) in [6.07, 6.45) is 0. The van der Waals surface area contributed by atoms with Crippen molar-refractivity contribution in [3.8, 4) is 0 Å². The highest BCUT2D eigenvalue weighted by atomic mass is 35.5. The van der Waals surface area contributed by atoms with Crippen LogP contribution in [0.2, 0.25) is 5.02 Å². The normalized spacial score (nSPS) is 10.1. The molecule has 2 rings (SSSR count). The monoisotopic (exact) mass is 260 g/mol. The van der Waals surface area contributed by atoms with Gasteiger partial charge >= 0.3 is 0 Å². The van der Waals surface area contributed by atoms with E-state index in [4.69, 9.17) is 17.3 Å². The number of nitrogens with two attached hydrogens (primary N) is 1. The molecule has 3 nitrogen and oxygen atoms in total.